The smallest absolute Gasteiger partial charge is 0.272 e. The zero-order chi connectivity index (χ0) is 19.5. The van der Waals surface area contributed by atoms with Crippen molar-refractivity contribution in [3.63, 3.8) is 0 Å². The van der Waals surface area contributed by atoms with E-state index < -0.39 is 0 Å². The van der Waals surface area contributed by atoms with E-state index in [0.29, 0.717) is 24.7 Å². The van der Waals surface area contributed by atoms with Gasteiger partial charge < -0.3 is 9.80 Å². The van der Waals surface area contributed by atoms with Crippen molar-refractivity contribution < 1.29 is 4.79 Å². The van der Waals surface area contributed by atoms with Crippen LogP contribution in [0.25, 0.3) is 0 Å². The number of benzene rings is 2. The Morgan fingerprint density at radius 1 is 1.11 bits per heavy atom. The predicted molar refractivity (Wildman–Crippen MR) is 111 cm³/mol. The summed E-state index contributed by atoms with van der Waals surface area (Å²) in [6.07, 6.45) is 2.63. The van der Waals surface area contributed by atoms with Crippen LogP contribution in [0, 0.1) is 0 Å². The molecule has 0 bridgehead atoms. The van der Waals surface area contributed by atoms with Crippen LogP contribution < -0.4 is 4.90 Å². The number of carbonyl (C=O) groups excluding carboxylic acids is 1. The van der Waals surface area contributed by atoms with Crippen LogP contribution in [0.5, 0.6) is 0 Å². The Morgan fingerprint density at radius 2 is 1.86 bits per heavy atom. The summed E-state index contributed by atoms with van der Waals surface area (Å²) in [6, 6.07) is 20.3. The average molecular weight is 372 g/mol. The molecule has 0 saturated heterocycles. The summed E-state index contributed by atoms with van der Waals surface area (Å²) in [7, 11) is 0. The van der Waals surface area contributed by atoms with Crippen molar-refractivity contribution >= 4 is 17.5 Å². The molecule has 142 valence electrons. The first-order chi connectivity index (χ1) is 13.7. The van der Waals surface area contributed by atoms with E-state index >= 15 is 0 Å². The monoisotopic (exact) mass is 372 g/mol. The van der Waals surface area contributed by atoms with Crippen molar-refractivity contribution in [2.45, 2.75) is 32.9 Å². The zero-order valence-corrected chi connectivity index (χ0v) is 16.2. The fourth-order valence-corrected chi connectivity index (χ4v) is 3.75. The fourth-order valence-electron chi connectivity index (χ4n) is 3.75. The predicted octanol–water partition coefficient (Wildman–Crippen LogP) is 4.22. The molecule has 1 aliphatic heterocycles. The molecule has 2 aromatic carbocycles. The van der Waals surface area contributed by atoms with Gasteiger partial charge in [-0.2, -0.15) is 0 Å². The van der Waals surface area contributed by atoms with Crippen molar-refractivity contribution in [2.75, 3.05) is 11.4 Å². The maximum Gasteiger partial charge on any atom is 0.272 e. The maximum absolute atomic E-state index is 13.1. The molecular formula is C23H24N4O. The van der Waals surface area contributed by atoms with Gasteiger partial charge in [0.25, 0.3) is 5.91 Å². The third-order valence-corrected chi connectivity index (χ3v) is 5.17. The largest absolute Gasteiger partial charge is 0.333 e. The molecule has 1 aliphatic rings. The number of carbonyl (C=O) groups is 1. The molecule has 5 nitrogen and oxygen atoms in total. The highest BCUT2D eigenvalue weighted by Crippen LogP contribution is 2.36. The van der Waals surface area contributed by atoms with E-state index in [-0.39, 0.29) is 11.9 Å². The van der Waals surface area contributed by atoms with Gasteiger partial charge in [0.05, 0.1) is 0 Å². The van der Waals surface area contributed by atoms with Gasteiger partial charge in [-0.15, -0.1) is 0 Å². The van der Waals surface area contributed by atoms with Gasteiger partial charge in [0, 0.05) is 31.0 Å². The van der Waals surface area contributed by atoms with E-state index in [0.717, 1.165) is 17.7 Å². The minimum atomic E-state index is -0.0739. The lowest BCUT2D eigenvalue weighted by atomic mass is 10.1. The molecule has 0 radical (unpaired) electrons. The first-order valence-electron chi connectivity index (χ1n) is 9.70. The van der Waals surface area contributed by atoms with Crippen LogP contribution in [0.3, 0.4) is 0 Å². The fraction of sp³-hybridized carbons (Fsp3) is 0.261. The summed E-state index contributed by atoms with van der Waals surface area (Å²) in [6.45, 7) is 5.34. The number of amides is 1. The van der Waals surface area contributed by atoms with Crippen molar-refractivity contribution in [1.29, 1.82) is 0 Å². The topological polar surface area (TPSA) is 49.3 Å². The van der Waals surface area contributed by atoms with Crippen LogP contribution in [0.4, 0.5) is 11.6 Å². The molecule has 1 unspecified atom stereocenters. The molecule has 0 N–H and O–H groups in total. The van der Waals surface area contributed by atoms with Gasteiger partial charge in [-0.1, -0.05) is 48.5 Å². The summed E-state index contributed by atoms with van der Waals surface area (Å²) in [5.74, 6) is 0.509. The number of anilines is 2. The van der Waals surface area contributed by atoms with E-state index in [1.165, 1.54) is 5.56 Å². The van der Waals surface area contributed by atoms with Crippen molar-refractivity contribution in [1.82, 2.24) is 14.9 Å². The molecular weight excluding hydrogens is 348 g/mol. The Kier molecular flexibility index (Phi) is 5.06. The number of rotatable bonds is 5. The van der Waals surface area contributed by atoms with Crippen LogP contribution in [0.2, 0.25) is 0 Å². The molecule has 1 amide bonds. The second kappa shape index (κ2) is 7.80. The maximum atomic E-state index is 13.1. The Labute approximate surface area is 165 Å². The van der Waals surface area contributed by atoms with E-state index in [1.54, 1.807) is 12.3 Å². The first-order valence-corrected chi connectivity index (χ1v) is 9.70. The summed E-state index contributed by atoms with van der Waals surface area (Å²) >= 11 is 0. The third kappa shape index (κ3) is 3.48. The molecule has 0 spiro atoms. The Bertz CT molecular complexity index is 973. The van der Waals surface area contributed by atoms with Crippen LogP contribution in [-0.2, 0) is 13.0 Å². The lowest BCUT2D eigenvalue weighted by molar-refractivity contribution is 0.0746. The average Bonchev–Trinajstić information content (AvgIpc) is 3.08. The number of nitrogens with zero attached hydrogens (tertiary/aromatic N) is 4. The van der Waals surface area contributed by atoms with Crippen LogP contribution in [0.1, 0.15) is 35.5 Å². The molecule has 0 aliphatic carbocycles. The van der Waals surface area contributed by atoms with Gasteiger partial charge >= 0.3 is 0 Å². The van der Waals surface area contributed by atoms with Crippen LogP contribution in [0.15, 0.2) is 66.9 Å². The molecule has 4 rings (SSSR count). The number of aromatic nitrogens is 2. The SMILES string of the molecule is CCN(Cc1ccccc1)C(=O)c1ccnc(N2c3ccccc3CC2C)n1. The van der Waals surface area contributed by atoms with Gasteiger partial charge in [0.15, 0.2) is 0 Å². The molecule has 2 heterocycles. The van der Waals surface area contributed by atoms with E-state index in [4.69, 9.17) is 0 Å². The summed E-state index contributed by atoms with van der Waals surface area (Å²) in [5, 5.41) is 0. The summed E-state index contributed by atoms with van der Waals surface area (Å²) < 4.78 is 0. The highest BCUT2D eigenvalue weighted by molar-refractivity contribution is 5.92. The Balaban J connectivity index is 1.61. The minimum Gasteiger partial charge on any atom is -0.333 e. The zero-order valence-electron chi connectivity index (χ0n) is 16.2. The summed E-state index contributed by atoms with van der Waals surface area (Å²) in [4.78, 5) is 26.1. The van der Waals surface area contributed by atoms with Gasteiger partial charge in [-0.05, 0) is 43.5 Å². The molecule has 0 saturated carbocycles. The van der Waals surface area contributed by atoms with E-state index in [1.807, 2.05) is 48.2 Å². The van der Waals surface area contributed by atoms with E-state index in [2.05, 4.69) is 40.0 Å². The molecule has 0 fully saturated rings. The van der Waals surface area contributed by atoms with Crippen molar-refractivity contribution in [3.05, 3.63) is 83.7 Å². The number of fused-ring (bicyclic) bond motifs is 1. The molecule has 28 heavy (non-hydrogen) atoms. The Morgan fingerprint density at radius 3 is 2.64 bits per heavy atom. The second-order valence-electron chi connectivity index (χ2n) is 7.10. The lowest BCUT2D eigenvalue weighted by Crippen LogP contribution is -2.32. The number of para-hydroxylation sites is 1. The van der Waals surface area contributed by atoms with Gasteiger partial charge in [0.1, 0.15) is 5.69 Å². The third-order valence-electron chi connectivity index (χ3n) is 5.17. The lowest BCUT2D eigenvalue weighted by Gasteiger charge is -2.24. The van der Waals surface area contributed by atoms with Crippen molar-refractivity contribution in [2.24, 2.45) is 0 Å². The molecule has 5 heteroatoms. The van der Waals surface area contributed by atoms with Gasteiger partial charge in [0.2, 0.25) is 5.95 Å². The van der Waals surface area contributed by atoms with E-state index in [9.17, 15) is 4.79 Å². The highest BCUT2D eigenvalue weighted by atomic mass is 16.2. The first kappa shape index (κ1) is 18.2. The second-order valence-corrected chi connectivity index (χ2v) is 7.10. The Hall–Kier alpha value is -3.21. The quantitative estimate of drug-likeness (QED) is 0.673. The van der Waals surface area contributed by atoms with Gasteiger partial charge in [-0.25, -0.2) is 9.97 Å². The number of hydrogen-bond acceptors (Lipinski definition) is 4. The van der Waals surface area contributed by atoms with Crippen molar-refractivity contribution in [3.8, 4) is 0 Å². The molecule has 1 aromatic heterocycles. The molecule has 3 aromatic rings. The minimum absolute atomic E-state index is 0.0739. The normalized spacial score (nSPS) is 15.4. The number of hydrogen-bond donors (Lipinski definition) is 0. The van der Waals surface area contributed by atoms with Crippen LogP contribution >= 0.6 is 0 Å². The summed E-state index contributed by atoms with van der Waals surface area (Å²) in [5.41, 5.74) is 3.94. The highest BCUT2D eigenvalue weighted by Gasteiger charge is 2.29. The molecule has 1 atom stereocenters. The standard InChI is InChI=1S/C23H24N4O/c1-3-26(16-18-9-5-4-6-10-18)22(28)20-13-14-24-23(25-20)27-17(2)15-19-11-7-8-12-21(19)27/h4-14,17H,3,15-16H2,1-2H3. The van der Waals surface area contributed by atoms with Crippen LogP contribution in [-0.4, -0.2) is 33.4 Å². The van der Waals surface area contributed by atoms with Gasteiger partial charge in [-0.3, -0.25) is 4.79 Å².